The van der Waals surface area contributed by atoms with E-state index >= 15 is 0 Å². The van der Waals surface area contributed by atoms with Gasteiger partial charge in [-0.05, 0) is 102 Å². The topological polar surface area (TPSA) is 84.9 Å². The first-order valence-electron chi connectivity index (χ1n) is 12.8. The van der Waals surface area contributed by atoms with Crippen molar-refractivity contribution in [3.8, 4) is 11.5 Å². The minimum Gasteiger partial charge on any atom is -0.495 e. The van der Waals surface area contributed by atoms with E-state index in [0.29, 0.717) is 38.6 Å². The molecule has 0 aliphatic carbocycles. The van der Waals surface area contributed by atoms with Crippen molar-refractivity contribution in [2.24, 2.45) is 0 Å². The summed E-state index contributed by atoms with van der Waals surface area (Å²) < 4.78 is 51.8. The third-order valence-corrected chi connectivity index (χ3v) is 8.63. The Morgan fingerprint density at radius 3 is 2.41 bits per heavy atom. The molecule has 0 radical (unpaired) electrons. The Labute approximate surface area is 270 Å². The molecule has 0 saturated carbocycles. The summed E-state index contributed by atoms with van der Waals surface area (Å²) in [5.74, 6) is -1.05. The SMILES string of the molecule is COc1ccc(C(F)(F)F)cc1NC(=O)CN1C(=O)S/C(=C\c2cc(Br)c(OCc3cccc4ccccc34)c(Br)c2)C1=O. The van der Waals surface area contributed by atoms with Gasteiger partial charge in [0.1, 0.15) is 24.7 Å². The number of hydrogen-bond acceptors (Lipinski definition) is 6. The number of hydrogen-bond donors (Lipinski definition) is 1. The highest BCUT2D eigenvalue weighted by molar-refractivity contribution is 9.11. The van der Waals surface area contributed by atoms with E-state index in [-0.39, 0.29) is 16.3 Å². The second-order valence-corrected chi connectivity index (χ2v) is 12.2. The van der Waals surface area contributed by atoms with Gasteiger partial charge in [0.25, 0.3) is 11.1 Å². The number of carbonyl (C=O) groups is 3. The third-order valence-electron chi connectivity index (χ3n) is 6.55. The number of ether oxygens (including phenoxy) is 2. The summed E-state index contributed by atoms with van der Waals surface area (Å²) in [7, 11) is 1.24. The number of halogens is 5. The number of thioether (sulfide) groups is 1. The van der Waals surface area contributed by atoms with Crippen LogP contribution in [0, 0.1) is 0 Å². The van der Waals surface area contributed by atoms with Gasteiger partial charge >= 0.3 is 6.18 Å². The molecular formula is C31H21Br2F3N2O5S. The molecule has 0 spiro atoms. The van der Waals surface area contributed by atoms with E-state index < -0.39 is 35.3 Å². The van der Waals surface area contributed by atoms with Gasteiger partial charge < -0.3 is 14.8 Å². The number of nitrogens with zero attached hydrogens (tertiary/aromatic N) is 1. The lowest BCUT2D eigenvalue weighted by atomic mass is 10.1. The molecule has 7 nitrogen and oxygen atoms in total. The standard InChI is InChI=1S/C31H21Br2F3N2O5S/c1-42-25-10-9-20(31(34,35)36)14-24(25)37-27(39)15-38-29(40)26(44-30(38)41)13-17-11-22(32)28(23(33)12-17)43-16-19-7-4-6-18-5-2-3-8-21(18)19/h2-14H,15-16H2,1H3,(H,37,39)/b26-13-. The zero-order valence-corrected chi connectivity index (χ0v) is 26.7. The van der Waals surface area contributed by atoms with Gasteiger partial charge in [0, 0.05) is 0 Å². The number of amides is 3. The molecule has 4 aromatic carbocycles. The summed E-state index contributed by atoms with van der Waals surface area (Å²) in [5.41, 5.74) is 0.345. The van der Waals surface area contributed by atoms with Crippen LogP contribution in [0.5, 0.6) is 11.5 Å². The van der Waals surface area contributed by atoms with Gasteiger partial charge in [-0.2, -0.15) is 13.2 Å². The number of fused-ring (bicyclic) bond motifs is 1. The number of methoxy groups -OCH3 is 1. The van der Waals surface area contributed by atoms with Gasteiger partial charge in [-0.15, -0.1) is 0 Å². The number of benzene rings is 4. The van der Waals surface area contributed by atoms with Crippen LogP contribution >= 0.6 is 43.6 Å². The zero-order valence-electron chi connectivity index (χ0n) is 22.7. The van der Waals surface area contributed by atoms with Crippen LogP contribution in [0.4, 0.5) is 23.7 Å². The molecule has 0 atom stereocenters. The third kappa shape index (κ3) is 6.95. The highest BCUT2D eigenvalue weighted by Crippen LogP contribution is 2.39. The average molecular weight is 750 g/mol. The summed E-state index contributed by atoms with van der Waals surface area (Å²) in [6.07, 6.45) is -3.14. The first kappa shape index (κ1) is 31.6. The Balaban J connectivity index is 1.28. The Kier molecular flexibility index (Phi) is 9.37. The fourth-order valence-corrected chi connectivity index (χ4v) is 6.76. The number of alkyl halides is 3. The summed E-state index contributed by atoms with van der Waals surface area (Å²) in [4.78, 5) is 39.1. The van der Waals surface area contributed by atoms with Gasteiger partial charge in [-0.3, -0.25) is 19.3 Å². The smallest absolute Gasteiger partial charge is 0.416 e. The number of carbonyl (C=O) groups excluding carboxylic acids is 3. The molecule has 3 amide bonds. The van der Waals surface area contributed by atoms with Crippen LogP contribution in [0.15, 0.2) is 86.6 Å². The highest BCUT2D eigenvalue weighted by atomic mass is 79.9. The first-order chi connectivity index (χ1) is 20.9. The van der Waals surface area contributed by atoms with Crippen molar-refractivity contribution in [2.75, 3.05) is 19.0 Å². The van der Waals surface area contributed by atoms with Crippen LogP contribution in [-0.4, -0.2) is 35.6 Å². The molecule has 1 fully saturated rings. The fourth-order valence-electron chi connectivity index (χ4n) is 4.47. The average Bonchev–Trinajstić information content (AvgIpc) is 3.23. The fraction of sp³-hybridized carbons (Fsp3) is 0.129. The minimum absolute atomic E-state index is 0.0129. The van der Waals surface area contributed by atoms with E-state index in [9.17, 15) is 27.6 Å². The lowest BCUT2D eigenvalue weighted by Gasteiger charge is -2.16. The van der Waals surface area contributed by atoms with Crippen LogP contribution in [0.3, 0.4) is 0 Å². The van der Waals surface area contributed by atoms with Crippen molar-refractivity contribution in [3.05, 3.63) is 103 Å². The Hall–Kier alpha value is -3.81. The van der Waals surface area contributed by atoms with E-state index in [0.717, 1.165) is 39.4 Å². The van der Waals surface area contributed by atoms with Crippen molar-refractivity contribution in [1.82, 2.24) is 4.90 Å². The van der Waals surface area contributed by atoms with E-state index in [4.69, 9.17) is 9.47 Å². The monoisotopic (exact) mass is 748 g/mol. The molecule has 44 heavy (non-hydrogen) atoms. The largest absolute Gasteiger partial charge is 0.495 e. The van der Waals surface area contributed by atoms with Crippen molar-refractivity contribution < 1.29 is 37.0 Å². The number of nitrogens with one attached hydrogen (secondary N) is 1. The molecule has 1 aliphatic rings. The second-order valence-electron chi connectivity index (χ2n) is 9.47. The summed E-state index contributed by atoms with van der Waals surface area (Å²) in [6.45, 7) is -0.388. The Morgan fingerprint density at radius 2 is 1.70 bits per heavy atom. The molecule has 1 aliphatic heterocycles. The number of anilines is 1. The first-order valence-corrected chi connectivity index (χ1v) is 15.2. The lowest BCUT2D eigenvalue weighted by molar-refractivity contribution is -0.137. The molecule has 1 heterocycles. The highest BCUT2D eigenvalue weighted by Gasteiger charge is 2.37. The maximum absolute atomic E-state index is 13.2. The molecule has 5 rings (SSSR count). The van der Waals surface area contributed by atoms with E-state index in [1.807, 2.05) is 42.5 Å². The van der Waals surface area contributed by atoms with Crippen LogP contribution in [0.25, 0.3) is 16.8 Å². The molecule has 1 saturated heterocycles. The molecule has 226 valence electrons. The second kappa shape index (κ2) is 13.0. The summed E-state index contributed by atoms with van der Waals surface area (Å²) in [5, 5.41) is 3.78. The van der Waals surface area contributed by atoms with Crippen molar-refractivity contribution in [2.45, 2.75) is 12.8 Å². The summed E-state index contributed by atoms with van der Waals surface area (Å²) in [6, 6.07) is 20.0. The molecular weight excluding hydrogens is 729 g/mol. The van der Waals surface area contributed by atoms with Crippen molar-refractivity contribution in [1.29, 1.82) is 0 Å². The van der Waals surface area contributed by atoms with Crippen LogP contribution in [0.2, 0.25) is 0 Å². The Morgan fingerprint density at radius 1 is 1.00 bits per heavy atom. The molecule has 0 bridgehead atoms. The van der Waals surface area contributed by atoms with Gasteiger partial charge in [0.15, 0.2) is 0 Å². The van der Waals surface area contributed by atoms with Gasteiger partial charge in [0.05, 0.1) is 32.2 Å². The number of rotatable bonds is 8. The quantitative estimate of drug-likeness (QED) is 0.182. The van der Waals surface area contributed by atoms with E-state index in [1.54, 1.807) is 12.1 Å². The van der Waals surface area contributed by atoms with E-state index in [2.05, 4.69) is 37.2 Å². The predicted octanol–water partition coefficient (Wildman–Crippen LogP) is 8.65. The van der Waals surface area contributed by atoms with Crippen molar-refractivity contribution >= 4 is 83.2 Å². The Bertz CT molecular complexity index is 1800. The predicted molar refractivity (Wildman–Crippen MR) is 169 cm³/mol. The maximum atomic E-state index is 13.2. The molecule has 4 aromatic rings. The van der Waals surface area contributed by atoms with Crippen LogP contribution < -0.4 is 14.8 Å². The molecule has 0 aromatic heterocycles. The molecule has 13 heteroatoms. The minimum atomic E-state index is -4.64. The maximum Gasteiger partial charge on any atom is 0.416 e. The van der Waals surface area contributed by atoms with Gasteiger partial charge in [-0.25, -0.2) is 0 Å². The van der Waals surface area contributed by atoms with Crippen LogP contribution in [-0.2, 0) is 22.4 Å². The molecule has 1 N–H and O–H groups in total. The van der Waals surface area contributed by atoms with Gasteiger partial charge in [0.2, 0.25) is 5.91 Å². The number of imide groups is 1. The lowest BCUT2D eigenvalue weighted by Crippen LogP contribution is -2.36. The normalized spacial score (nSPS) is 14.4. The molecule has 0 unspecified atom stereocenters. The van der Waals surface area contributed by atoms with Crippen molar-refractivity contribution in [3.63, 3.8) is 0 Å². The van der Waals surface area contributed by atoms with Gasteiger partial charge in [-0.1, -0.05) is 42.5 Å². The zero-order chi connectivity index (χ0) is 31.6. The van der Waals surface area contributed by atoms with Crippen LogP contribution in [0.1, 0.15) is 16.7 Å². The van der Waals surface area contributed by atoms with E-state index in [1.165, 1.54) is 13.2 Å². The summed E-state index contributed by atoms with van der Waals surface area (Å²) >= 11 is 7.68.